The van der Waals surface area contributed by atoms with Crippen LogP contribution in [0.1, 0.15) is 27.9 Å². The molecule has 166 valence electrons. The van der Waals surface area contributed by atoms with Gasteiger partial charge in [-0.3, -0.25) is 0 Å². The number of benzene rings is 2. The fourth-order valence-corrected chi connectivity index (χ4v) is 3.18. The SMILES string of the molecule is COc1ccc(OC)c(/C=C(\C#N)c2nn(CCO)c(N=Cc3ccc(C)cc3)c2C#N)c1. The first-order valence-electron chi connectivity index (χ1n) is 10.1. The van der Waals surface area contributed by atoms with Gasteiger partial charge in [0.05, 0.1) is 32.9 Å². The number of nitriles is 2. The number of aliphatic hydroxyl groups excluding tert-OH is 1. The van der Waals surface area contributed by atoms with Crippen LogP contribution in [0.25, 0.3) is 11.6 Å². The lowest BCUT2D eigenvalue weighted by atomic mass is 10.0. The molecule has 8 nitrogen and oxygen atoms in total. The number of hydrogen-bond donors (Lipinski definition) is 1. The van der Waals surface area contributed by atoms with E-state index in [0.717, 1.165) is 11.1 Å². The van der Waals surface area contributed by atoms with Crippen LogP contribution in [0.2, 0.25) is 0 Å². The maximum Gasteiger partial charge on any atom is 0.169 e. The molecule has 0 unspecified atom stereocenters. The molecule has 0 aliphatic carbocycles. The summed E-state index contributed by atoms with van der Waals surface area (Å²) in [6.45, 7) is 1.91. The van der Waals surface area contributed by atoms with E-state index in [-0.39, 0.29) is 35.8 Å². The Morgan fingerprint density at radius 1 is 1.15 bits per heavy atom. The number of rotatable bonds is 8. The van der Waals surface area contributed by atoms with Gasteiger partial charge in [-0.25, -0.2) is 9.67 Å². The normalized spacial score (nSPS) is 11.3. The molecular weight excluding hydrogens is 418 g/mol. The predicted molar refractivity (Wildman–Crippen MR) is 125 cm³/mol. The zero-order valence-electron chi connectivity index (χ0n) is 18.6. The molecule has 0 saturated carbocycles. The van der Waals surface area contributed by atoms with Crippen molar-refractivity contribution in [2.45, 2.75) is 13.5 Å². The quantitative estimate of drug-likeness (QED) is 0.419. The standard InChI is InChI=1S/C25H23N5O3/c1-17-4-6-18(7-5-17)16-28-25-22(15-27)24(29-30(25)10-11-31)20(14-26)12-19-13-21(32-2)8-9-23(19)33-3/h4-9,12-13,16,31H,10-11H2,1-3H3/b20-12+,28-16?. The fourth-order valence-electron chi connectivity index (χ4n) is 3.18. The van der Waals surface area contributed by atoms with E-state index < -0.39 is 0 Å². The van der Waals surface area contributed by atoms with Crippen molar-refractivity contribution < 1.29 is 14.6 Å². The molecule has 1 heterocycles. The monoisotopic (exact) mass is 441 g/mol. The maximum absolute atomic E-state index is 9.89. The number of aliphatic hydroxyl groups is 1. The maximum atomic E-state index is 9.89. The number of aliphatic imine (C=N–C) groups is 1. The summed E-state index contributed by atoms with van der Waals surface area (Å²) >= 11 is 0. The van der Waals surface area contributed by atoms with Crippen LogP contribution in [0.4, 0.5) is 5.82 Å². The molecule has 0 aliphatic heterocycles. The van der Waals surface area contributed by atoms with Gasteiger partial charge in [-0.1, -0.05) is 29.8 Å². The Labute approximate surface area is 192 Å². The van der Waals surface area contributed by atoms with Gasteiger partial charge >= 0.3 is 0 Å². The van der Waals surface area contributed by atoms with Crippen LogP contribution in [0.3, 0.4) is 0 Å². The van der Waals surface area contributed by atoms with Gasteiger partial charge < -0.3 is 14.6 Å². The van der Waals surface area contributed by atoms with Crippen molar-refractivity contribution in [3.05, 3.63) is 70.4 Å². The van der Waals surface area contributed by atoms with Gasteiger partial charge in [0, 0.05) is 11.8 Å². The molecule has 0 spiro atoms. The molecule has 33 heavy (non-hydrogen) atoms. The lowest BCUT2D eigenvalue weighted by Gasteiger charge is -2.07. The Kier molecular flexibility index (Phi) is 7.59. The Hall–Kier alpha value is -4.40. The number of methoxy groups -OCH3 is 2. The highest BCUT2D eigenvalue weighted by Crippen LogP contribution is 2.32. The molecule has 8 heteroatoms. The van der Waals surface area contributed by atoms with Crippen molar-refractivity contribution in [2.24, 2.45) is 4.99 Å². The van der Waals surface area contributed by atoms with E-state index in [9.17, 15) is 15.6 Å². The van der Waals surface area contributed by atoms with Crippen molar-refractivity contribution in [1.82, 2.24) is 9.78 Å². The van der Waals surface area contributed by atoms with E-state index in [2.05, 4.69) is 22.2 Å². The van der Waals surface area contributed by atoms with Crippen LogP contribution in [0, 0.1) is 29.6 Å². The smallest absolute Gasteiger partial charge is 0.169 e. The molecule has 0 bridgehead atoms. The largest absolute Gasteiger partial charge is 0.497 e. The Morgan fingerprint density at radius 3 is 2.52 bits per heavy atom. The van der Waals surface area contributed by atoms with Gasteiger partial charge in [-0.15, -0.1) is 0 Å². The molecule has 3 rings (SSSR count). The average Bonchev–Trinajstić information content (AvgIpc) is 3.19. The number of nitrogens with zero attached hydrogens (tertiary/aromatic N) is 5. The van der Waals surface area contributed by atoms with E-state index in [1.807, 2.05) is 31.2 Å². The third kappa shape index (κ3) is 5.27. The molecule has 1 N–H and O–H groups in total. The molecule has 0 aliphatic rings. The summed E-state index contributed by atoms with van der Waals surface area (Å²) in [5, 5.41) is 33.7. The molecular formula is C25H23N5O3. The van der Waals surface area contributed by atoms with Gasteiger partial charge in [0.1, 0.15) is 34.9 Å². The van der Waals surface area contributed by atoms with Gasteiger partial charge in [0.15, 0.2) is 5.82 Å². The van der Waals surface area contributed by atoms with Gasteiger partial charge in [0.2, 0.25) is 0 Å². The van der Waals surface area contributed by atoms with E-state index in [4.69, 9.17) is 9.47 Å². The Morgan fingerprint density at radius 2 is 1.91 bits per heavy atom. The van der Waals surface area contributed by atoms with Crippen molar-refractivity contribution in [3.63, 3.8) is 0 Å². The first kappa shape index (κ1) is 23.3. The Balaban J connectivity index is 2.13. The topological polar surface area (TPSA) is 116 Å². The van der Waals surface area contributed by atoms with Crippen molar-refractivity contribution in [2.75, 3.05) is 20.8 Å². The lowest BCUT2D eigenvalue weighted by Crippen LogP contribution is -2.04. The van der Waals surface area contributed by atoms with Crippen LogP contribution in [-0.4, -0.2) is 41.9 Å². The van der Waals surface area contributed by atoms with Crippen molar-refractivity contribution in [3.8, 4) is 23.6 Å². The van der Waals surface area contributed by atoms with E-state index in [1.165, 1.54) is 11.8 Å². The molecule has 3 aromatic rings. The molecule has 0 radical (unpaired) electrons. The minimum atomic E-state index is -0.200. The Bertz CT molecular complexity index is 1280. The first-order chi connectivity index (χ1) is 16.0. The molecule has 0 saturated heterocycles. The molecule has 0 fully saturated rings. The van der Waals surface area contributed by atoms with Crippen LogP contribution >= 0.6 is 0 Å². The lowest BCUT2D eigenvalue weighted by molar-refractivity contribution is 0.270. The summed E-state index contributed by atoms with van der Waals surface area (Å²) in [6.07, 6.45) is 3.21. The number of hydrogen-bond acceptors (Lipinski definition) is 7. The number of aryl methyl sites for hydroxylation is 1. The molecule has 0 amide bonds. The number of allylic oxidation sites excluding steroid dienone is 1. The van der Waals surface area contributed by atoms with E-state index in [0.29, 0.717) is 17.1 Å². The molecule has 1 aromatic heterocycles. The predicted octanol–water partition coefficient (Wildman–Crippen LogP) is 3.89. The highest BCUT2D eigenvalue weighted by atomic mass is 16.5. The summed E-state index contributed by atoms with van der Waals surface area (Å²) < 4.78 is 12.1. The summed E-state index contributed by atoms with van der Waals surface area (Å²) in [5.74, 6) is 1.39. The third-order valence-electron chi connectivity index (χ3n) is 4.87. The van der Waals surface area contributed by atoms with Gasteiger partial charge in [-0.2, -0.15) is 15.6 Å². The van der Waals surface area contributed by atoms with Crippen LogP contribution in [0.15, 0.2) is 47.5 Å². The second kappa shape index (κ2) is 10.8. The minimum absolute atomic E-state index is 0.121. The zero-order valence-corrected chi connectivity index (χ0v) is 18.6. The highest BCUT2D eigenvalue weighted by molar-refractivity contribution is 5.93. The summed E-state index contributed by atoms with van der Waals surface area (Å²) in [6, 6.07) is 17.2. The van der Waals surface area contributed by atoms with Crippen LogP contribution < -0.4 is 9.47 Å². The molecule has 2 aromatic carbocycles. The fraction of sp³-hybridized carbons (Fsp3) is 0.200. The van der Waals surface area contributed by atoms with E-state index >= 15 is 0 Å². The first-order valence-corrected chi connectivity index (χ1v) is 10.1. The third-order valence-corrected chi connectivity index (χ3v) is 4.87. The zero-order chi connectivity index (χ0) is 23.8. The second-order valence-corrected chi connectivity index (χ2v) is 7.05. The summed E-state index contributed by atoms with van der Waals surface area (Å²) in [4.78, 5) is 4.46. The number of aromatic nitrogens is 2. The molecule has 0 atom stereocenters. The summed E-state index contributed by atoms with van der Waals surface area (Å²) in [7, 11) is 3.07. The van der Waals surface area contributed by atoms with Gasteiger partial charge in [-0.05, 0) is 36.8 Å². The van der Waals surface area contributed by atoms with E-state index in [1.54, 1.807) is 37.6 Å². The number of ether oxygens (including phenoxy) is 2. The van der Waals surface area contributed by atoms with Crippen LogP contribution in [0.5, 0.6) is 11.5 Å². The van der Waals surface area contributed by atoms with Crippen molar-refractivity contribution >= 4 is 23.7 Å². The highest BCUT2D eigenvalue weighted by Gasteiger charge is 2.21. The van der Waals surface area contributed by atoms with Gasteiger partial charge in [0.25, 0.3) is 0 Å². The van der Waals surface area contributed by atoms with Crippen LogP contribution in [-0.2, 0) is 6.54 Å². The average molecular weight is 441 g/mol. The summed E-state index contributed by atoms with van der Waals surface area (Å²) in [5.41, 5.74) is 3.03. The minimum Gasteiger partial charge on any atom is -0.497 e. The second-order valence-electron chi connectivity index (χ2n) is 7.05. The van der Waals surface area contributed by atoms with Crippen molar-refractivity contribution in [1.29, 1.82) is 10.5 Å².